The Morgan fingerprint density at radius 1 is 1.40 bits per heavy atom. The van der Waals surface area contributed by atoms with Crippen LogP contribution in [0.25, 0.3) is 0 Å². The van der Waals surface area contributed by atoms with Crippen LogP contribution in [0.5, 0.6) is 0 Å². The van der Waals surface area contributed by atoms with Gasteiger partial charge in [0.15, 0.2) is 5.78 Å². The maximum Gasteiger partial charge on any atom is 0.176 e. The van der Waals surface area contributed by atoms with Crippen LogP contribution in [-0.2, 0) is 0 Å². The Bertz CT molecular complexity index is 386. The Morgan fingerprint density at radius 2 is 2.20 bits per heavy atom. The van der Waals surface area contributed by atoms with Crippen LogP contribution >= 0.6 is 43.6 Å². The molecule has 4 heteroatoms. The lowest BCUT2D eigenvalue weighted by atomic mass is 10.1. The second kappa shape index (κ2) is 5.02. The molecule has 1 unspecified atom stereocenters. The number of rotatable bonds is 2. The molecule has 0 N–H and O–H groups in total. The molecular formula is C11H10Br2OS. The van der Waals surface area contributed by atoms with E-state index in [0.717, 1.165) is 33.1 Å². The largest absolute Gasteiger partial charge is 0.293 e. The summed E-state index contributed by atoms with van der Waals surface area (Å²) in [6, 6.07) is 5.72. The number of hydrogen-bond donors (Lipinski definition) is 0. The Hall–Kier alpha value is 0.200. The predicted molar refractivity (Wildman–Crippen MR) is 71.7 cm³/mol. The zero-order valence-electron chi connectivity index (χ0n) is 8.00. The third kappa shape index (κ3) is 2.66. The average Bonchev–Trinajstić information content (AvgIpc) is 2.69. The number of carbonyl (C=O) groups excluding carboxylic acids is 1. The SMILES string of the molecule is O=C(c1ccc(Br)cc1Br)C1CCCS1. The molecule has 2 rings (SSSR count). The van der Waals surface area contributed by atoms with Crippen LogP contribution in [0.1, 0.15) is 23.2 Å². The zero-order valence-corrected chi connectivity index (χ0v) is 12.0. The summed E-state index contributed by atoms with van der Waals surface area (Å²) in [4.78, 5) is 12.1. The summed E-state index contributed by atoms with van der Waals surface area (Å²) < 4.78 is 1.87. The number of halogens is 2. The Labute approximate surface area is 110 Å². The van der Waals surface area contributed by atoms with Crippen molar-refractivity contribution >= 4 is 49.4 Å². The lowest BCUT2D eigenvalue weighted by Gasteiger charge is -2.09. The van der Waals surface area contributed by atoms with Gasteiger partial charge in [0.05, 0.1) is 5.25 Å². The topological polar surface area (TPSA) is 17.1 Å². The molecule has 1 atom stereocenters. The third-order valence-electron chi connectivity index (χ3n) is 2.42. The van der Waals surface area contributed by atoms with Gasteiger partial charge in [-0.05, 0) is 36.8 Å². The fraction of sp³-hybridized carbons (Fsp3) is 0.364. The first-order chi connectivity index (χ1) is 7.18. The summed E-state index contributed by atoms with van der Waals surface area (Å²) in [6.07, 6.45) is 2.18. The van der Waals surface area contributed by atoms with Crippen LogP contribution in [0.15, 0.2) is 27.1 Å². The van der Waals surface area contributed by atoms with Gasteiger partial charge in [-0.1, -0.05) is 31.9 Å². The van der Waals surface area contributed by atoms with Crippen molar-refractivity contribution in [3.63, 3.8) is 0 Å². The number of ketones is 1. The van der Waals surface area contributed by atoms with Crippen LogP contribution in [0.4, 0.5) is 0 Å². The number of carbonyl (C=O) groups is 1. The van der Waals surface area contributed by atoms with Gasteiger partial charge in [-0.25, -0.2) is 0 Å². The smallest absolute Gasteiger partial charge is 0.176 e. The molecule has 1 aromatic rings. The minimum absolute atomic E-state index is 0.169. The highest BCUT2D eigenvalue weighted by molar-refractivity contribution is 9.11. The van der Waals surface area contributed by atoms with Gasteiger partial charge in [-0.15, -0.1) is 0 Å². The normalized spacial score (nSPS) is 20.5. The van der Waals surface area contributed by atoms with Crippen molar-refractivity contribution in [3.8, 4) is 0 Å². The van der Waals surface area contributed by atoms with Gasteiger partial charge in [-0.2, -0.15) is 11.8 Å². The fourth-order valence-electron chi connectivity index (χ4n) is 1.65. The van der Waals surface area contributed by atoms with Gasteiger partial charge in [-0.3, -0.25) is 4.79 Å². The molecule has 0 saturated carbocycles. The van der Waals surface area contributed by atoms with E-state index in [1.165, 1.54) is 0 Å². The lowest BCUT2D eigenvalue weighted by molar-refractivity contribution is 0.0988. The maximum absolute atomic E-state index is 12.1. The summed E-state index contributed by atoms with van der Waals surface area (Å²) in [5, 5.41) is 0.169. The van der Waals surface area contributed by atoms with E-state index in [-0.39, 0.29) is 11.0 Å². The molecule has 1 aromatic carbocycles. The number of hydrogen-bond acceptors (Lipinski definition) is 2. The van der Waals surface area contributed by atoms with Crippen LogP contribution < -0.4 is 0 Å². The van der Waals surface area contributed by atoms with Gasteiger partial charge >= 0.3 is 0 Å². The van der Waals surface area contributed by atoms with Crippen molar-refractivity contribution in [2.45, 2.75) is 18.1 Å². The van der Waals surface area contributed by atoms with E-state index in [9.17, 15) is 4.79 Å². The van der Waals surface area contributed by atoms with E-state index in [1.807, 2.05) is 18.2 Å². The molecule has 15 heavy (non-hydrogen) atoms. The summed E-state index contributed by atoms with van der Waals surface area (Å²) >= 11 is 8.59. The van der Waals surface area contributed by atoms with Crippen molar-refractivity contribution in [1.29, 1.82) is 0 Å². The van der Waals surface area contributed by atoms with Crippen LogP contribution in [0.2, 0.25) is 0 Å². The van der Waals surface area contributed by atoms with Gasteiger partial charge in [0, 0.05) is 14.5 Å². The van der Waals surface area contributed by atoms with Crippen LogP contribution in [0.3, 0.4) is 0 Å². The van der Waals surface area contributed by atoms with Gasteiger partial charge < -0.3 is 0 Å². The minimum Gasteiger partial charge on any atom is -0.293 e. The third-order valence-corrected chi connectivity index (χ3v) is 4.94. The Kier molecular flexibility index (Phi) is 3.91. The molecule has 1 heterocycles. The van der Waals surface area contributed by atoms with Gasteiger partial charge in [0.1, 0.15) is 0 Å². The van der Waals surface area contributed by atoms with Gasteiger partial charge in [0.25, 0.3) is 0 Å². The first-order valence-corrected chi connectivity index (χ1v) is 7.43. The van der Waals surface area contributed by atoms with Crippen molar-refractivity contribution in [3.05, 3.63) is 32.7 Å². The number of Topliss-reactive ketones (excluding diaryl/α,β-unsaturated/α-hetero) is 1. The van der Waals surface area contributed by atoms with Crippen molar-refractivity contribution < 1.29 is 4.79 Å². The van der Waals surface area contributed by atoms with Gasteiger partial charge in [0.2, 0.25) is 0 Å². The molecule has 1 aliphatic heterocycles. The highest BCUT2D eigenvalue weighted by Crippen LogP contribution is 2.31. The molecule has 0 bridgehead atoms. The van der Waals surface area contributed by atoms with Crippen molar-refractivity contribution in [2.24, 2.45) is 0 Å². The Morgan fingerprint density at radius 3 is 2.80 bits per heavy atom. The van der Waals surface area contributed by atoms with E-state index < -0.39 is 0 Å². The van der Waals surface area contributed by atoms with E-state index >= 15 is 0 Å². The summed E-state index contributed by atoms with van der Waals surface area (Å²) in [5.41, 5.74) is 0.803. The minimum atomic E-state index is 0.169. The molecule has 0 aliphatic carbocycles. The highest BCUT2D eigenvalue weighted by Gasteiger charge is 2.25. The van der Waals surface area contributed by atoms with E-state index in [2.05, 4.69) is 31.9 Å². The number of thioether (sulfide) groups is 1. The second-order valence-electron chi connectivity index (χ2n) is 3.49. The highest BCUT2D eigenvalue weighted by atomic mass is 79.9. The van der Waals surface area contributed by atoms with Crippen molar-refractivity contribution in [2.75, 3.05) is 5.75 Å². The molecule has 0 spiro atoms. The first kappa shape index (κ1) is 11.7. The monoisotopic (exact) mass is 348 g/mol. The molecule has 1 aliphatic rings. The maximum atomic E-state index is 12.1. The number of benzene rings is 1. The summed E-state index contributed by atoms with van der Waals surface area (Å²) in [6.45, 7) is 0. The molecule has 80 valence electrons. The van der Waals surface area contributed by atoms with Crippen LogP contribution in [-0.4, -0.2) is 16.8 Å². The van der Waals surface area contributed by atoms with Crippen molar-refractivity contribution in [1.82, 2.24) is 0 Å². The van der Waals surface area contributed by atoms with Crippen LogP contribution in [0, 0.1) is 0 Å². The molecule has 1 nitrogen and oxygen atoms in total. The summed E-state index contributed by atoms with van der Waals surface area (Å²) in [5.74, 6) is 1.38. The molecule has 0 aromatic heterocycles. The second-order valence-corrected chi connectivity index (χ2v) is 6.57. The molecule has 1 saturated heterocycles. The zero-order chi connectivity index (χ0) is 10.8. The molecule has 0 amide bonds. The standard InChI is InChI=1S/C11H10Br2OS/c12-7-3-4-8(9(13)6-7)11(14)10-2-1-5-15-10/h3-4,6,10H,1-2,5H2. The average molecular weight is 350 g/mol. The first-order valence-electron chi connectivity index (χ1n) is 4.79. The van der Waals surface area contributed by atoms with E-state index in [1.54, 1.807) is 11.8 Å². The Balaban J connectivity index is 2.24. The lowest BCUT2D eigenvalue weighted by Crippen LogP contribution is -2.14. The van der Waals surface area contributed by atoms with E-state index in [0.29, 0.717) is 0 Å². The predicted octanol–water partition coefficient (Wildman–Crippen LogP) is 4.29. The molecule has 1 fully saturated rings. The summed E-state index contributed by atoms with van der Waals surface area (Å²) in [7, 11) is 0. The fourth-order valence-corrected chi connectivity index (χ4v) is 4.12. The van der Waals surface area contributed by atoms with E-state index in [4.69, 9.17) is 0 Å². The molecule has 0 radical (unpaired) electrons. The quantitative estimate of drug-likeness (QED) is 0.741. The molecular weight excluding hydrogens is 340 g/mol.